The van der Waals surface area contributed by atoms with Gasteiger partial charge in [-0.05, 0) is 24.7 Å². The van der Waals surface area contributed by atoms with E-state index in [2.05, 4.69) is 13.8 Å². The Morgan fingerprint density at radius 3 is 2.62 bits per heavy atom. The van der Waals surface area contributed by atoms with E-state index >= 15 is 0 Å². The molecule has 0 saturated heterocycles. The van der Waals surface area contributed by atoms with Crippen LogP contribution in [0.4, 0.5) is 0 Å². The standard InChI is InChI=1S/C12H20O/c1-3-4-5-7-12-9-11(12,2)8-6-10(12)13/h3-9H2,1-2H3. The summed E-state index contributed by atoms with van der Waals surface area (Å²) in [5.41, 5.74) is 0.597. The van der Waals surface area contributed by atoms with Gasteiger partial charge in [-0.15, -0.1) is 0 Å². The molecule has 2 aliphatic rings. The summed E-state index contributed by atoms with van der Waals surface area (Å²) in [4.78, 5) is 11.7. The van der Waals surface area contributed by atoms with Crippen molar-refractivity contribution in [1.82, 2.24) is 0 Å². The van der Waals surface area contributed by atoms with Crippen molar-refractivity contribution in [1.29, 1.82) is 0 Å². The van der Waals surface area contributed by atoms with Crippen molar-refractivity contribution in [3.05, 3.63) is 0 Å². The third-order valence-corrected chi connectivity index (χ3v) is 4.37. The summed E-state index contributed by atoms with van der Waals surface area (Å²) >= 11 is 0. The quantitative estimate of drug-likeness (QED) is 0.606. The van der Waals surface area contributed by atoms with Gasteiger partial charge in [-0.1, -0.05) is 33.1 Å². The summed E-state index contributed by atoms with van der Waals surface area (Å²) in [6, 6.07) is 0. The maximum absolute atomic E-state index is 11.7. The molecule has 0 spiro atoms. The molecule has 0 aliphatic heterocycles. The van der Waals surface area contributed by atoms with E-state index in [1.807, 2.05) is 0 Å². The highest BCUT2D eigenvalue weighted by Gasteiger charge is 2.70. The first-order valence-electron chi connectivity index (χ1n) is 5.68. The average molecular weight is 180 g/mol. The molecule has 13 heavy (non-hydrogen) atoms. The summed E-state index contributed by atoms with van der Waals surface area (Å²) in [5.74, 6) is 0.575. The maximum Gasteiger partial charge on any atom is 0.139 e. The molecular weight excluding hydrogens is 160 g/mol. The Balaban J connectivity index is 1.94. The van der Waals surface area contributed by atoms with Gasteiger partial charge in [0.2, 0.25) is 0 Å². The van der Waals surface area contributed by atoms with Crippen molar-refractivity contribution >= 4 is 5.78 Å². The molecule has 74 valence electrons. The summed E-state index contributed by atoms with van der Waals surface area (Å²) in [6.07, 6.45) is 8.23. The van der Waals surface area contributed by atoms with Crippen molar-refractivity contribution in [2.75, 3.05) is 0 Å². The second-order valence-corrected chi connectivity index (χ2v) is 5.20. The van der Waals surface area contributed by atoms with Gasteiger partial charge in [-0.2, -0.15) is 0 Å². The monoisotopic (exact) mass is 180 g/mol. The van der Waals surface area contributed by atoms with Crippen molar-refractivity contribution in [3.8, 4) is 0 Å². The predicted octanol–water partition coefficient (Wildman–Crippen LogP) is 3.33. The third-order valence-electron chi connectivity index (χ3n) is 4.37. The van der Waals surface area contributed by atoms with Crippen LogP contribution >= 0.6 is 0 Å². The number of hydrogen-bond acceptors (Lipinski definition) is 1. The van der Waals surface area contributed by atoms with E-state index in [4.69, 9.17) is 0 Å². The molecule has 0 radical (unpaired) electrons. The van der Waals surface area contributed by atoms with Crippen molar-refractivity contribution in [3.63, 3.8) is 0 Å². The molecular formula is C12H20O. The maximum atomic E-state index is 11.7. The molecule has 2 fully saturated rings. The minimum absolute atomic E-state index is 0.169. The van der Waals surface area contributed by atoms with E-state index in [-0.39, 0.29) is 5.41 Å². The fourth-order valence-electron chi connectivity index (χ4n) is 3.22. The molecule has 0 bridgehead atoms. The molecule has 0 aromatic rings. The van der Waals surface area contributed by atoms with Gasteiger partial charge in [-0.3, -0.25) is 4.79 Å². The van der Waals surface area contributed by atoms with Crippen molar-refractivity contribution in [2.45, 2.75) is 58.8 Å². The van der Waals surface area contributed by atoms with Crippen LogP contribution in [0.1, 0.15) is 58.8 Å². The van der Waals surface area contributed by atoms with Crippen LogP contribution in [0.3, 0.4) is 0 Å². The lowest BCUT2D eigenvalue weighted by molar-refractivity contribution is -0.123. The van der Waals surface area contributed by atoms with Gasteiger partial charge in [0.25, 0.3) is 0 Å². The van der Waals surface area contributed by atoms with Crippen molar-refractivity contribution < 1.29 is 4.79 Å². The van der Waals surface area contributed by atoms with E-state index < -0.39 is 0 Å². The van der Waals surface area contributed by atoms with Crippen LogP contribution in [0.25, 0.3) is 0 Å². The highest BCUT2D eigenvalue weighted by Crippen LogP contribution is 2.73. The molecule has 2 atom stereocenters. The van der Waals surface area contributed by atoms with Gasteiger partial charge in [0, 0.05) is 11.8 Å². The largest absolute Gasteiger partial charge is 0.299 e. The number of hydrogen-bond donors (Lipinski definition) is 0. The lowest BCUT2D eigenvalue weighted by Crippen LogP contribution is -2.14. The van der Waals surface area contributed by atoms with Gasteiger partial charge in [0.15, 0.2) is 0 Å². The lowest BCUT2D eigenvalue weighted by Gasteiger charge is -2.12. The first-order valence-corrected chi connectivity index (χ1v) is 5.68. The number of rotatable bonds is 4. The van der Waals surface area contributed by atoms with Crippen molar-refractivity contribution in [2.24, 2.45) is 10.8 Å². The van der Waals surface area contributed by atoms with E-state index in [1.54, 1.807) is 0 Å². The second kappa shape index (κ2) is 2.83. The number of unbranched alkanes of at least 4 members (excludes halogenated alkanes) is 2. The summed E-state index contributed by atoms with van der Waals surface area (Å²) in [7, 11) is 0. The number of carbonyl (C=O) groups is 1. The van der Waals surface area contributed by atoms with Crippen LogP contribution in [0.5, 0.6) is 0 Å². The fourth-order valence-corrected chi connectivity index (χ4v) is 3.22. The molecule has 0 aromatic carbocycles. The van der Waals surface area contributed by atoms with Crippen LogP contribution < -0.4 is 0 Å². The number of ketones is 1. The molecule has 2 aliphatic carbocycles. The zero-order valence-corrected chi connectivity index (χ0v) is 8.86. The van der Waals surface area contributed by atoms with Crippen LogP contribution in [0, 0.1) is 10.8 Å². The molecule has 2 rings (SSSR count). The number of carbonyl (C=O) groups excluding carboxylic acids is 1. The number of Topliss-reactive ketones (excluding diaryl/α,β-unsaturated/α-hetero) is 1. The molecule has 2 unspecified atom stereocenters. The van der Waals surface area contributed by atoms with Gasteiger partial charge in [0.05, 0.1) is 0 Å². The van der Waals surface area contributed by atoms with E-state index in [0.29, 0.717) is 11.2 Å². The average Bonchev–Trinajstić information content (AvgIpc) is 2.63. The molecule has 2 saturated carbocycles. The Bertz CT molecular complexity index is 233. The Morgan fingerprint density at radius 2 is 2.15 bits per heavy atom. The van der Waals surface area contributed by atoms with E-state index in [9.17, 15) is 4.79 Å². The van der Waals surface area contributed by atoms with Crippen LogP contribution in [0.2, 0.25) is 0 Å². The molecule has 1 heteroatoms. The van der Waals surface area contributed by atoms with Gasteiger partial charge in [-0.25, -0.2) is 0 Å². The minimum Gasteiger partial charge on any atom is -0.299 e. The van der Waals surface area contributed by atoms with Crippen LogP contribution in [-0.2, 0) is 4.79 Å². The normalized spacial score (nSPS) is 42.2. The first kappa shape index (κ1) is 9.23. The van der Waals surface area contributed by atoms with Gasteiger partial charge in [0.1, 0.15) is 5.78 Å². The lowest BCUT2D eigenvalue weighted by atomic mass is 9.91. The fraction of sp³-hybridized carbons (Fsp3) is 0.917. The topological polar surface area (TPSA) is 17.1 Å². The van der Waals surface area contributed by atoms with Crippen LogP contribution in [0.15, 0.2) is 0 Å². The van der Waals surface area contributed by atoms with Gasteiger partial charge >= 0.3 is 0 Å². The molecule has 0 aromatic heterocycles. The Morgan fingerprint density at radius 1 is 1.38 bits per heavy atom. The molecule has 0 heterocycles. The van der Waals surface area contributed by atoms with E-state index in [0.717, 1.165) is 12.8 Å². The van der Waals surface area contributed by atoms with Crippen LogP contribution in [-0.4, -0.2) is 5.78 Å². The second-order valence-electron chi connectivity index (χ2n) is 5.20. The smallest absolute Gasteiger partial charge is 0.139 e. The third kappa shape index (κ3) is 1.16. The molecule has 1 nitrogen and oxygen atoms in total. The summed E-state index contributed by atoms with van der Waals surface area (Å²) < 4.78 is 0. The summed E-state index contributed by atoms with van der Waals surface area (Å²) in [5, 5.41) is 0. The molecule has 0 N–H and O–H groups in total. The summed E-state index contributed by atoms with van der Waals surface area (Å²) in [6.45, 7) is 4.53. The molecule has 0 amide bonds. The van der Waals surface area contributed by atoms with E-state index in [1.165, 1.54) is 32.1 Å². The predicted molar refractivity (Wildman–Crippen MR) is 53.5 cm³/mol. The number of fused-ring (bicyclic) bond motifs is 1. The Kier molecular flexibility index (Phi) is 2.01. The highest BCUT2D eigenvalue weighted by molar-refractivity contribution is 5.91. The Hall–Kier alpha value is -0.330. The SMILES string of the molecule is CCCCCC12CC1(C)CCC2=O. The zero-order valence-electron chi connectivity index (χ0n) is 8.86. The minimum atomic E-state index is 0.169. The first-order chi connectivity index (χ1) is 6.15. The Labute approximate surface area is 80.9 Å². The highest BCUT2D eigenvalue weighted by atomic mass is 16.1. The van der Waals surface area contributed by atoms with Gasteiger partial charge < -0.3 is 0 Å². The zero-order chi connectivity index (χ0) is 9.53.